The van der Waals surface area contributed by atoms with Crippen LogP contribution in [0.15, 0.2) is 0 Å². The summed E-state index contributed by atoms with van der Waals surface area (Å²) in [7, 11) is 0. The van der Waals surface area contributed by atoms with Crippen molar-refractivity contribution in [1.82, 2.24) is 5.32 Å². The molecule has 0 unspecified atom stereocenters. The van der Waals surface area contributed by atoms with Crippen molar-refractivity contribution in [2.24, 2.45) is 0 Å². The smallest absolute Gasteiger partial charge is 0.408 e. The minimum atomic E-state index is -1.62. The molecule has 0 bridgehead atoms. The number of aliphatic carboxylic acids is 2. The van der Waals surface area contributed by atoms with Gasteiger partial charge in [-0.1, -0.05) is 0 Å². The fourth-order valence-corrected chi connectivity index (χ4v) is 1.20. The zero-order valence-electron chi connectivity index (χ0n) is 11.0. The molecule has 0 aromatic carbocycles. The summed E-state index contributed by atoms with van der Waals surface area (Å²) < 4.78 is 4.85. The van der Waals surface area contributed by atoms with Crippen LogP contribution in [0.3, 0.4) is 0 Å². The summed E-state index contributed by atoms with van der Waals surface area (Å²) in [6, 6.07) is -1.62. The van der Waals surface area contributed by atoms with E-state index < -0.39 is 42.2 Å². The second-order valence-electron chi connectivity index (χ2n) is 4.96. The van der Waals surface area contributed by atoms with Gasteiger partial charge in [0.1, 0.15) is 5.60 Å². The van der Waals surface area contributed by atoms with Gasteiger partial charge in [-0.25, -0.2) is 9.59 Å². The Kier molecular flexibility index (Phi) is 6.26. The molecule has 8 nitrogen and oxygen atoms in total. The van der Waals surface area contributed by atoms with Crippen LogP contribution < -0.4 is 5.32 Å². The van der Waals surface area contributed by atoms with E-state index in [1.54, 1.807) is 20.8 Å². The van der Waals surface area contributed by atoms with Crippen LogP contribution in [-0.2, 0) is 14.3 Å². The monoisotopic (exact) mass is 277 g/mol. The van der Waals surface area contributed by atoms with E-state index in [-0.39, 0.29) is 6.42 Å². The largest absolute Gasteiger partial charge is 0.481 e. The van der Waals surface area contributed by atoms with Crippen molar-refractivity contribution >= 4 is 18.0 Å². The number of hydrogen-bond donors (Lipinski definition) is 4. The molecule has 4 N–H and O–H groups in total. The highest BCUT2D eigenvalue weighted by atomic mass is 16.6. The molecule has 0 fully saturated rings. The maximum absolute atomic E-state index is 11.4. The van der Waals surface area contributed by atoms with Gasteiger partial charge in [-0.2, -0.15) is 0 Å². The standard InChI is InChI=1S/C11H19NO7/c1-11(2,3)19-10(18)12-8(9(16)17)6(13)4-5-7(14)15/h6,8,13H,4-5H2,1-3H3,(H,12,18)(H,14,15)(H,16,17)/t6-,8+/m0/s1. The molecule has 0 radical (unpaired) electrons. The van der Waals surface area contributed by atoms with Crippen molar-refractivity contribution in [2.45, 2.75) is 51.4 Å². The number of hydrogen-bond acceptors (Lipinski definition) is 5. The highest BCUT2D eigenvalue weighted by Gasteiger charge is 2.30. The van der Waals surface area contributed by atoms with Crippen molar-refractivity contribution in [3.63, 3.8) is 0 Å². The molecule has 1 amide bonds. The molecule has 0 saturated heterocycles. The van der Waals surface area contributed by atoms with E-state index in [0.717, 1.165) is 0 Å². The molecular weight excluding hydrogens is 258 g/mol. The van der Waals surface area contributed by atoms with Gasteiger partial charge in [-0.15, -0.1) is 0 Å². The number of carbonyl (C=O) groups excluding carboxylic acids is 1. The summed E-state index contributed by atoms with van der Waals surface area (Å²) in [6.45, 7) is 4.80. The highest BCUT2D eigenvalue weighted by molar-refractivity contribution is 5.80. The second-order valence-corrected chi connectivity index (χ2v) is 4.96. The zero-order chi connectivity index (χ0) is 15.2. The van der Waals surface area contributed by atoms with Crippen molar-refractivity contribution in [2.75, 3.05) is 0 Å². The van der Waals surface area contributed by atoms with Gasteiger partial charge in [0.05, 0.1) is 6.10 Å². The molecule has 2 atom stereocenters. The van der Waals surface area contributed by atoms with Crippen molar-refractivity contribution < 1.29 is 34.4 Å². The zero-order valence-corrected chi connectivity index (χ0v) is 11.0. The number of aliphatic hydroxyl groups is 1. The number of alkyl carbamates (subject to hydrolysis) is 1. The van der Waals surface area contributed by atoms with Crippen LogP contribution in [0.4, 0.5) is 4.79 Å². The molecule has 0 saturated carbocycles. The van der Waals surface area contributed by atoms with Crippen molar-refractivity contribution in [3.8, 4) is 0 Å². The number of carboxylic acids is 2. The molecule has 0 aliphatic heterocycles. The molecule has 0 aliphatic carbocycles. The van der Waals surface area contributed by atoms with Crippen molar-refractivity contribution in [3.05, 3.63) is 0 Å². The van der Waals surface area contributed by atoms with Gasteiger partial charge in [0, 0.05) is 6.42 Å². The Bertz CT molecular complexity index is 347. The minimum absolute atomic E-state index is 0.290. The Morgan fingerprint density at radius 1 is 1.21 bits per heavy atom. The average molecular weight is 277 g/mol. The molecular formula is C11H19NO7. The Morgan fingerprint density at radius 2 is 1.74 bits per heavy atom. The number of nitrogens with one attached hydrogen (secondary N) is 1. The van der Waals surface area contributed by atoms with Crippen LogP contribution in [0.2, 0.25) is 0 Å². The van der Waals surface area contributed by atoms with E-state index in [1.807, 2.05) is 5.32 Å². The summed E-state index contributed by atoms with van der Waals surface area (Å²) in [5.74, 6) is -2.63. The number of aliphatic hydroxyl groups excluding tert-OH is 1. The van der Waals surface area contributed by atoms with Crippen LogP contribution in [-0.4, -0.2) is 51.1 Å². The molecule has 0 heterocycles. The van der Waals surface area contributed by atoms with E-state index >= 15 is 0 Å². The van der Waals surface area contributed by atoms with Gasteiger partial charge in [-0.05, 0) is 27.2 Å². The summed E-state index contributed by atoms with van der Waals surface area (Å²) >= 11 is 0. The third-order valence-corrected chi connectivity index (χ3v) is 1.98. The molecule has 0 aliphatic rings. The normalized spacial score (nSPS) is 14.3. The van der Waals surface area contributed by atoms with E-state index in [2.05, 4.69) is 0 Å². The SMILES string of the molecule is CC(C)(C)OC(=O)N[C@@H](C(=O)O)[C@@H](O)CCC(=O)O. The molecule has 0 aromatic heterocycles. The van der Waals surface area contributed by atoms with Crippen LogP contribution in [0, 0.1) is 0 Å². The van der Waals surface area contributed by atoms with E-state index in [0.29, 0.717) is 0 Å². The van der Waals surface area contributed by atoms with Crippen LogP contribution in [0.5, 0.6) is 0 Å². The Hall–Kier alpha value is -1.83. The van der Waals surface area contributed by atoms with Crippen molar-refractivity contribution in [1.29, 1.82) is 0 Å². The van der Waals surface area contributed by atoms with Crippen LogP contribution >= 0.6 is 0 Å². The number of ether oxygens (including phenoxy) is 1. The number of amides is 1. The molecule has 8 heteroatoms. The topological polar surface area (TPSA) is 133 Å². The van der Waals surface area contributed by atoms with Gasteiger partial charge < -0.3 is 25.4 Å². The Balaban J connectivity index is 4.53. The van der Waals surface area contributed by atoms with Gasteiger partial charge in [-0.3, -0.25) is 4.79 Å². The van der Waals surface area contributed by atoms with Gasteiger partial charge >= 0.3 is 18.0 Å². The van der Waals surface area contributed by atoms with Gasteiger partial charge in [0.2, 0.25) is 0 Å². The maximum atomic E-state index is 11.4. The quantitative estimate of drug-likeness (QED) is 0.544. The lowest BCUT2D eigenvalue weighted by Gasteiger charge is -2.24. The number of carboxylic acid groups (broad SMARTS) is 2. The summed E-state index contributed by atoms with van der Waals surface area (Å²) in [6.07, 6.45) is -3.20. The number of rotatable bonds is 6. The van der Waals surface area contributed by atoms with Gasteiger partial charge in [0.25, 0.3) is 0 Å². The molecule has 0 aromatic rings. The first-order valence-electron chi connectivity index (χ1n) is 5.65. The summed E-state index contributed by atoms with van der Waals surface area (Å²) in [4.78, 5) is 32.6. The first-order chi connectivity index (χ1) is 8.53. The predicted octanol–water partition coefficient (Wildman–Crippen LogP) is 0.190. The molecule has 0 spiro atoms. The van der Waals surface area contributed by atoms with E-state index in [9.17, 15) is 19.5 Å². The molecule has 0 rings (SSSR count). The lowest BCUT2D eigenvalue weighted by Crippen LogP contribution is -2.50. The Morgan fingerprint density at radius 3 is 2.11 bits per heavy atom. The van der Waals surface area contributed by atoms with E-state index in [4.69, 9.17) is 14.9 Å². The summed E-state index contributed by atoms with van der Waals surface area (Å²) in [5.41, 5.74) is -0.806. The first-order valence-corrected chi connectivity index (χ1v) is 5.65. The predicted molar refractivity (Wildman–Crippen MR) is 63.7 cm³/mol. The van der Waals surface area contributed by atoms with Crippen LogP contribution in [0.1, 0.15) is 33.6 Å². The lowest BCUT2D eigenvalue weighted by atomic mass is 10.1. The first kappa shape index (κ1) is 17.2. The molecule has 19 heavy (non-hydrogen) atoms. The van der Waals surface area contributed by atoms with E-state index in [1.165, 1.54) is 0 Å². The van der Waals surface area contributed by atoms with Gasteiger partial charge in [0.15, 0.2) is 6.04 Å². The second kappa shape index (κ2) is 6.93. The maximum Gasteiger partial charge on any atom is 0.408 e. The Labute approximate surface area is 110 Å². The highest BCUT2D eigenvalue weighted by Crippen LogP contribution is 2.09. The van der Waals surface area contributed by atoms with Crippen LogP contribution in [0.25, 0.3) is 0 Å². The number of carbonyl (C=O) groups is 3. The fourth-order valence-electron chi connectivity index (χ4n) is 1.20. The fraction of sp³-hybridized carbons (Fsp3) is 0.727. The minimum Gasteiger partial charge on any atom is -0.481 e. The summed E-state index contributed by atoms with van der Waals surface area (Å²) in [5, 5.41) is 28.9. The third-order valence-electron chi connectivity index (χ3n) is 1.98. The third kappa shape index (κ3) is 7.98. The lowest BCUT2D eigenvalue weighted by molar-refractivity contribution is -0.144. The average Bonchev–Trinajstić information content (AvgIpc) is 2.19. The molecule has 110 valence electrons.